The van der Waals surface area contributed by atoms with Gasteiger partial charge in [0.15, 0.2) is 5.84 Å². The third-order valence-corrected chi connectivity index (χ3v) is 3.01. The highest BCUT2D eigenvalue weighted by molar-refractivity contribution is 6.06. The van der Waals surface area contributed by atoms with Gasteiger partial charge in [-0.1, -0.05) is 24.2 Å². The zero-order chi connectivity index (χ0) is 12.4. The Morgan fingerprint density at radius 1 is 1.53 bits per heavy atom. The van der Waals surface area contributed by atoms with Crippen LogP contribution < -0.4 is 11.1 Å². The van der Waals surface area contributed by atoms with E-state index in [2.05, 4.69) is 10.5 Å². The van der Waals surface area contributed by atoms with Gasteiger partial charge < -0.3 is 16.3 Å². The summed E-state index contributed by atoms with van der Waals surface area (Å²) in [6, 6.07) is 6.99. The fourth-order valence-electron chi connectivity index (χ4n) is 1.78. The second kappa shape index (κ2) is 4.45. The molecule has 0 aliphatic heterocycles. The number of hydrogen-bond donors (Lipinski definition) is 3. The first kappa shape index (κ1) is 11.4. The van der Waals surface area contributed by atoms with Crippen LogP contribution in [0.25, 0.3) is 0 Å². The number of carbonyl (C=O) groups is 1. The Balaban J connectivity index is 2.18. The number of nitrogens with two attached hydrogens (primary N) is 1. The number of benzene rings is 1. The summed E-state index contributed by atoms with van der Waals surface area (Å²) < 4.78 is 0. The number of rotatable bonds is 3. The molecule has 0 bridgehead atoms. The van der Waals surface area contributed by atoms with E-state index in [9.17, 15) is 4.79 Å². The molecule has 2 atom stereocenters. The number of anilines is 1. The molecule has 4 N–H and O–H groups in total. The number of nitrogens with one attached hydrogen (secondary N) is 1. The van der Waals surface area contributed by atoms with Gasteiger partial charge in [0, 0.05) is 11.5 Å². The molecule has 1 saturated carbocycles. The summed E-state index contributed by atoms with van der Waals surface area (Å²) in [4.78, 5) is 11.8. The second-order valence-corrected chi connectivity index (χ2v) is 4.34. The van der Waals surface area contributed by atoms with E-state index < -0.39 is 0 Å². The number of amides is 1. The molecule has 0 aromatic heterocycles. The Hall–Kier alpha value is -2.04. The Morgan fingerprint density at radius 2 is 2.18 bits per heavy atom. The number of nitrogens with zero attached hydrogens (tertiary/aromatic N) is 1. The third-order valence-electron chi connectivity index (χ3n) is 3.01. The van der Waals surface area contributed by atoms with E-state index >= 15 is 0 Å². The molecule has 5 nitrogen and oxygen atoms in total. The quantitative estimate of drug-likeness (QED) is 0.319. The molecular weight excluding hydrogens is 218 g/mol. The van der Waals surface area contributed by atoms with Gasteiger partial charge in [0.2, 0.25) is 5.91 Å². The molecule has 17 heavy (non-hydrogen) atoms. The molecule has 0 radical (unpaired) electrons. The van der Waals surface area contributed by atoms with Crippen molar-refractivity contribution in [1.82, 2.24) is 0 Å². The van der Waals surface area contributed by atoms with Gasteiger partial charge in [0.05, 0.1) is 5.69 Å². The monoisotopic (exact) mass is 233 g/mol. The van der Waals surface area contributed by atoms with Crippen LogP contribution in [0.2, 0.25) is 0 Å². The summed E-state index contributed by atoms with van der Waals surface area (Å²) >= 11 is 0. The van der Waals surface area contributed by atoms with Crippen LogP contribution in [0.5, 0.6) is 0 Å². The highest BCUT2D eigenvalue weighted by Gasteiger charge is 2.39. The van der Waals surface area contributed by atoms with Gasteiger partial charge in [-0.25, -0.2) is 0 Å². The molecule has 1 aliphatic rings. The Kier molecular flexibility index (Phi) is 2.99. The van der Waals surface area contributed by atoms with Crippen LogP contribution in [0, 0.1) is 11.8 Å². The predicted octanol–water partition coefficient (Wildman–Crippen LogP) is 1.38. The van der Waals surface area contributed by atoms with Crippen LogP contribution in [-0.2, 0) is 4.79 Å². The molecule has 1 aromatic carbocycles. The van der Waals surface area contributed by atoms with Crippen molar-refractivity contribution in [2.24, 2.45) is 22.7 Å². The normalized spacial score (nSPS) is 23.2. The largest absolute Gasteiger partial charge is 0.409 e. The van der Waals surface area contributed by atoms with Crippen LogP contribution >= 0.6 is 0 Å². The fourth-order valence-corrected chi connectivity index (χ4v) is 1.78. The van der Waals surface area contributed by atoms with Crippen molar-refractivity contribution < 1.29 is 10.0 Å². The first-order chi connectivity index (χ1) is 8.13. The molecular formula is C12H15N3O2. The predicted molar refractivity (Wildman–Crippen MR) is 64.9 cm³/mol. The lowest BCUT2D eigenvalue weighted by molar-refractivity contribution is -0.117. The fraction of sp³-hybridized carbons (Fsp3) is 0.333. The summed E-state index contributed by atoms with van der Waals surface area (Å²) in [6.07, 6.45) is 0.928. The standard InChI is InChI=1S/C12H15N3O2/c1-7-6-9(7)12(16)14-10-5-3-2-4-8(10)11(13)15-17/h2-5,7,9,17H,6H2,1H3,(H2,13,15)(H,14,16). The maximum atomic E-state index is 11.8. The smallest absolute Gasteiger partial charge is 0.227 e. The van der Waals surface area contributed by atoms with Crippen molar-refractivity contribution in [3.8, 4) is 0 Å². The maximum Gasteiger partial charge on any atom is 0.227 e. The molecule has 1 aromatic rings. The molecule has 1 aliphatic carbocycles. The second-order valence-electron chi connectivity index (χ2n) is 4.34. The number of amidine groups is 1. The molecule has 90 valence electrons. The summed E-state index contributed by atoms with van der Waals surface area (Å²) in [7, 11) is 0. The van der Waals surface area contributed by atoms with Crippen LogP contribution in [0.3, 0.4) is 0 Å². The van der Waals surface area contributed by atoms with E-state index in [1.807, 2.05) is 6.92 Å². The highest BCUT2D eigenvalue weighted by Crippen LogP contribution is 2.38. The zero-order valence-corrected chi connectivity index (χ0v) is 9.55. The summed E-state index contributed by atoms with van der Waals surface area (Å²) in [5.74, 6) is 0.529. The molecule has 2 unspecified atom stereocenters. The molecule has 1 amide bonds. The van der Waals surface area contributed by atoms with E-state index in [4.69, 9.17) is 10.9 Å². The lowest BCUT2D eigenvalue weighted by atomic mass is 10.1. The Labute approximate surface area is 99.3 Å². The van der Waals surface area contributed by atoms with E-state index in [0.717, 1.165) is 6.42 Å². The topological polar surface area (TPSA) is 87.7 Å². The van der Waals surface area contributed by atoms with Gasteiger partial charge in [0.25, 0.3) is 0 Å². The van der Waals surface area contributed by atoms with Gasteiger partial charge in [0.1, 0.15) is 0 Å². The molecule has 2 rings (SSSR count). The zero-order valence-electron chi connectivity index (χ0n) is 9.55. The summed E-state index contributed by atoms with van der Waals surface area (Å²) in [6.45, 7) is 2.04. The molecule has 0 heterocycles. The van der Waals surface area contributed by atoms with Gasteiger partial charge in [-0.3, -0.25) is 4.79 Å². The minimum Gasteiger partial charge on any atom is -0.409 e. The lowest BCUT2D eigenvalue weighted by Gasteiger charge is -2.09. The molecule has 5 heteroatoms. The highest BCUT2D eigenvalue weighted by atomic mass is 16.4. The third kappa shape index (κ3) is 2.38. The van der Waals surface area contributed by atoms with Crippen LogP contribution in [-0.4, -0.2) is 17.0 Å². The lowest BCUT2D eigenvalue weighted by Crippen LogP contribution is -2.20. The average molecular weight is 233 g/mol. The summed E-state index contributed by atoms with van der Waals surface area (Å²) in [5.41, 5.74) is 6.64. The minimum atomic E-state index is -0.00949. The van der Waals surface area contributed by atoms with Crippen LogP contribution in [0.15, 0.2) is 29.4 Å². The van der Waals surface area contributed by atoms with Crippen molar-refractivity contribution in [3.63, 3.8) is 0 Å². The van der Waals surface area contributed by atoms with Crippen molar-refractivity contribution in [2.45, 2.75) is 13.3 Å². The molecule has 0 saturated heterocycles. The molecule has 1 fully saturated rings. The van der Waals surface area contributed by atoms with Crippen molar-refractivity contribution in [1.29, 1.82) is 0 Å². The number of para-hydroxylation sites is 1. The van der Waals surface area contributed by atoms with E-state index in [1.165, 1.54) is 0 Å². The van der Waals surface area contributed by atoms with Crippen molar-refractivity contribution in [3.05, 3.63) is 29.8 Å². The number of carbonyl (C=O) groups excluding carboxylic acids is 1. The van der Waals surface area contributed by atoms with Gasteiger partial charge in [-0.15, -0.1) is 0 Å². The van der Waals surface area contributed by atoms with Crippen molar-refractivity contribution in [2.75, 3.05) is 5.32 Å². The van der Waals surface area contributed by atoms with E-state index in [-0.39, 0.29) is 17.7 Å². The Bertz CT molecular complexity index is 471. The van der Waals surface area contributed by atoms with Crippen LogP contribution in [0.4, 0.5) is 5.69 Å². The SMILES string of the molecule is CC1CC1C(=O)Nc1ccccc1/C(N)=N/O. The Morgan fingerprint density at radius 3 is 2.76 bits per heavy atom. The first-order valence-electron chi connectivity index (χ1n) is 5.51. The summed E-state index contributed by atoms with van der Waals surface area (Å²) in [5, 5.41) is 14.4. The van der Waals surface area contributed by atoms with Gasteiger partial charge in [-0.05, 0) is 24.5 Å². The van der Waals surface area contributed by atoms with Gasteiger partial charge >= 0.3 is 0 Å². The van der Waals surface area contributed by atoms with E-state index in [1.54, 1.807) is 24.3 Å². The number of hydrogen-bond acceptors (Lipinski definition) is 3. The minimum absolute atomic E-state index is 0.00399. The van der Waals surface area contributed by atoms with E-state index in [0.29, 0.717) is 17.2 Å². The molecule has 0 spiro atoms. The average Bonchev–Trinajstić information content (AvgIpc) is 3.06. The first-order valence-corrected chi connectivity index (χ1v) is 5.51. The maximum absolute atomic E-state index is 11.8. The number of oxime groups is 1. The van der Waals surface area contributed by atoms with Crippen LogP contribution in [0.1, 0.15) is 18.9 Å². The van der Waals surface area contributed by atoms with Crippen molar-refractivity contribution >= 4 is 17.4 Å². The van der Waals surface area contributed by atoms with Gasteiger partial charge in [-0.2, -0.15) is 0 Å².